The first-order chi connectivity index (χ1) is 12.1. The van der Waals surface area contributed by atoms with Crippen molar-refractivity contribution in [1.29, 1.82) is 0 Å². The summed E-state index contributed by atoms with van der Waals surface area (Å²) in [6, 6.07) is -0.114. The molecule has 0 aromatic carbocycles. The number of rotatable bonds is 1. The van der Waals surface area contributed by atoms with Crippen LogP contribution in [0.4, 0.5) is 4.79 Å². The molecule has 0 spiro atoms. The Morgan fingerprint density at radius 1 is 1.48 bits per heavy atom. The number of likely N-dealkylation sites (N-methyl/N-ethyl adjacent to an activating group) is 1. The number of hydrogen-bond donors (Lipinski definition) is 3. The van der Waals surface area contributed by atoms with Gasteiger partial charge in [0, 0.05) is 18.3 Å². The summed E-state index contributed by atoms with van der Waals surface area (Å²) in [6.45, 7) is 1.84. The van der Waals surface area contributed by atoms with E-state index in [1.165, 1.54) is 12.7 Å². The van der Waals surface area contributed by atoms with E-state index >= 15 is 0 Å². The van der Waals surface area contributed by atoms with E-state index in [1.54, 1.807) is 0 Å². The van der Waals surface area contributed by atoms with Gasteiger partial charge in [0.1, 0.15) is 5.82 Å². The van der Waals surface area contributed by atoms with Gasteiger partial charge in [-0.2, -0.15) is 0 Å². The molecule has 4 N–H and O–H groups in total. The maximum absolute atomic E-state index is 11.5. The molecule has 1 aromatic heterocycles. The number of carbonyl (C=O) groups is 1. The molecule has 7 heteroatoms. The number of amides is 1. The monoisotopic (exact) mass is 345 g/mol. The smallest absolute Gasteiger partial charge is 0.407 e. The lowest BCUT2D eigenvalue weighted by Crippen LogP contribution is -2.35. The fraction of sp³-hybridized carbons (Fsp3) is 0.556. The highest BCUT2D eigenvalue weighted by molar-refractivity contribution is 5.79. The summed E-state index contributed by atoms with van der Waals surface area (Å²) in [5.41, 5.74) is 9.46. The van der Waals surface area contributed by atoms with Gasteiger partial charge in [-0.05, 0) is 38.4 Å². The molecule has 2 bridgehead atoms. The van der Waals surface area contributed by atoms with Crippen molar-refractivity contribution in [2.45, 2.75) is 37.8 Å². The van der Waals surface area contributed by atoms with E-state index in [2.05, 4.69) is 34.4 Å². The summed E-state index contributed by atoms with van der Waals surface area (Å²) in [5, 5.41) is 2.86. The fourth-order valence-electron chi connectivity index (χ4n) is 3.41. The number of ether oxygens (including phenoxy) is 1. The van der Waals surface area contributed by atoms with E-state index in [4.69, 9.17) is 15.5 Å². The van der Waals surface area contributed by atoms with Crippen LogP contribution in [-0.2, 0) is 4.74 Å². The Bertz CT molecular complexity index is 679. The van der Waals surface area contributed by atoms with Crippen LogP contribution in [0.25, 0.3) is 5.57 Å². The minimum absolute atomic E-state index is 0.0520. The van der Waals surface area contributed by atoms with Crippen molar-refractivity contribution in [3.63, 3.8) is 0 Å². The number of nitrogens with two attached hydrogens (primary N) is 1. The number of hydrogen-bond acceptors (Lipinski definition) is 5. The number of nitrogens with one attached hydrogen (secondary N) is 2. The Morgan fingerprint density at radius 3 is 3.12 bits per heavy atom. The molecule has 2 aliphatic rings. The number of H-pyrrole nitrogens is 1. The number of aromatic nitrogens is 2. The summed E-state index contributed by atoms with van der Waals surface area (Å²) in [7, 11) is 3.50. The van der Waals surface area contributed by atoms with Crippen LogP contribution < -0.4 is 11.1 Å². The van der Waals surface area contributed by atoms with Crippen molar-refractivity contribution in [2.75, 3.05) is 27.2 Å². The fourth-order valence-corrected chi connectivity index (χ4v) is 3.41. The molecule has 0 saturated heterocycles. The number of carbonyl (C=O) groups excluding carboxylic acids is 1. The SMILES string of the molecule is COC(=O)NC1C=C2CN(C)CCCC[C@H](N)c3nc(c[nH]3)C2=CC1. The van der Waals surface area contributed by atoms with Crippen LogP contribution in [0.5, 0.6) is 0 Å². The van der Waals surface area contributed by atoms with Gasteiger partial charge in [-0.1, -0.05) is 18.6 Å². The van der Waals surface area contributed by atoms with Crippen molar-refractivity contribution >= 4 is 11.7 Å². The zero-order chi connectivity index (χ0) is 17.8. The van der Waals surface area contributed by atoms with Crippen molar-refractivity contribution < 1.29 is 9.53 Å². The van der Waals surface area contributed by atoms with Gasteiger partial charge in [0.25, 0.3) is 0 Å². The minimum atomic E-state index is -0.409. The van der Waals surface area contributed by atoms with E-state index < -0.39 is 6.09 Å². The van der Waals surface area contributed by atoms with Crippen LogP contribution in [0.15, 0.2) is 23.9 Å². The molecule has 0 radical (unpaired) electrons. The Kier molecular flexibility index (Phi) is 5.55. The lowest BCUT2D eigenvalue weighted by atomic mass is 9.92. The number of fused-ring (bicyclic) bond motifs is 4. The van der Waals surface area contributed by atoms with Gasteiger partial charge in [-0.15, -0.1) is 0 Å². The average molecular weight is 345 g/mol. The summed E-state index contributed by atoms with van der Waals surface area (Å²) in [5.74, 6) is 0.846. The summed E-state index contributed by atoms with van der Waals surface area (Å²) >= 11 is 0. The van der Waals surface area contributed by atoms with Gasteiger partial charge in [0.05, 0.1) is 24.9 Å². The zero-order valence-electron chi connectivity index (χ0n) is 14.9. The predicted molar refractivity (Wildman–Crippen MR) is 96.9 cm³/mol. The molecule has 2 heterocycles. The molecule has 1 aliphatic carbocycles. The highest BCUT2D eigenvalue weighted by atomic mass is 16.5. The number of aromatic amines is 1. The molecule has 1 aliphatic heterocycles. The molecule has 7 nitrogen and oxygen atoms in total. The van der Waals surface area contributed by atoms with Crippen LogP contribution in [0, 0.1) is 0 Å². The molecule has 0 fully saturated rings. The molecule has 3 rings (SSSR count). The van der Waals surface area contributed by atoms with Gasteiger partial charge in [-0.25, -0.2) is 9.78 Å². The summed E-state index contributed by atoms with van der Waals surface area (Å²) in [4.78, 5) is 21.8. The molecule has 0 saturated carbocycles. The summed E-state index contributed by atoms with van der Waals surface area (Å²) in [6.07, 6.45) is 9.61. The highest BCUT2D eigenvalue weighted by Crippen LogP contribution is 2.29. The van der Waals surface area contributed by atoms with Gasteiger partial charge in [0.2, 0.25) is 0 Å². The van der Waals surface area contributed by atoms with E-state index in [-0.39, 0.29) is 12.1 Å². The second-order valence-corrected chi connectivity index (χ2v) is 6.80. The minimum Gasteiger partial charge on any atom is -0.453 e. The second kappa shape index (κ2) is 7.84. The van der Waals surface area contributed by atoms with Crippen LogP contribution in [0.1, 0.15) is 43.2 Å². The quantitative estimate of drug-likeness (QED) is 0.723. The average Bonchev–Trinajstić information content (AvgIpc) is 3.08. The molecule has 136 valence electrons. The van der Waals surface area contributed by atoms with E-state index in [9.17, 15) is 4.79 Å². The standard InChI is InChI=1S/C18H27N5O2/c1-23-8-4-3-5-15(19)17-20-10-16(22-17)14-7-6-13(9-12(14)11-23)21-18(24)25-2/h7,9-10,13,15H,3-6,8,11,19H2,1-2H3,(H,20,22)(H,21,24)/t13?,15-/m0/s1. The Hall–Kier alpha value is -2.12. The van der Waals surface area contributed by atoms with Gasteiger partial charge in [0.15, 0.2) is 0 Å². The largest absolute Gasteiger partial charge is 0.453 e. The second-order valence-electron chi connectivity index (χ2n) is 6.80. The maximum atomic E-state index is 11.5. The highest BCUT2D eigenvalue weighted by Gasteiger charge is 2.22. The molecule has 1 aromatic rings. The first kappa shape index (κ1) is 17.7. The third-order valence-corrected chi connectivity index (χ3v) is 4.78. The number of imidazole rings is 1. The van der Waals surface area contributed by atoms with Crippen molar-refractivity contribution in [3.8, 4) is 0 Å². The van der Waals surface area contributed by atoms with Crippen LogP contribution in [0.2, 0.25) is 0 Å². The lowest BCUT2D eigenvalue weighted by molar-refractivity contribution is 0.168. The molecule has 1 unspecified atom stereocenters. The molecular formula is C18H27N5O2. The zero-order valence-corrected chi connectivity index (χ0v) is 14.9. The van der Waals surface area contributed by atoms with E-state index in [0.717, 1.165) is 49.4 Å². The lowest BCUT2D eigenvalue weighted by Gasteiger charge is -2.26. The van der Waals surface area contributed by atoms with Crippen molar-refractivity contribution in [2.24, 2.45) is 5.73 Å². The third kappa shape index (κ3) is 4.29. The molecule has 25 heavy (non-hydrogen) atoms. The normalized spacial score (nSPS) is 24.9. The van der Waals surface area contributed by atoms with Crippen LogP contribution >= 0.6 is 0 Å². The van der Waals surface area contributed by atoms with Gasteiger partial charge < -0.3 is 25.7 Å². The number of nitrogens with zero attached hydrogens (tertiary/aromatic N) is 2. The maximum Gasteiger partial charge on any atom is 0.407 e. The number of alkyl carbamates (subject to hydrolysis) is 1. The number of methoxy groups -OCH3 is 1. The van der Waals surface area contributed by atoms with Gasteiger partial charge in [-0.3, -0.25) is 0 Å². The van der Waals surface area contributed by atoms with Gasteiger partial charge >= 0.3 is 6.09 Å². The third-order valence-electron chi connectivity index (χ3n) is 4.78. The predicted octanol–water partition coefficient (Wildman–Crippen LogP) is 1.96. The Morgan fingerprint density at radius 2 is 2.32 bits per heavy atom. The molecular weight excluding hydrogens is 318 g/mol. The van der Waals surface area contributed by atoms with Crippen molar-refractivity contribution in [3.05, 3.63) is 35.4 Å². The van der Waals surface area contributed by atoms with Crippen molar-refractivity contribution in [1.82, 2.24) is 20.2 Å². The summed E-state index contributed by atoms with van der Waals surface area (Å²) < 4.78 is 4.71. The Labute approximate surface area is 148 Å². The molecule has 1 amide bonds. The Balaban J connectivity index is 1.89. The first-order valence-electron chi connectivity index (χ1n) is 8.82. The first-order valence-corrected chi connectivity index (χ1v) is 8.82. The van der Waals surface area contributed by atoms with Crippen LogP contribution in [0.3, 0.4) is 0 Å². The molecule has 2 atom stereocenters. The van der Waals surface area contributed by atoms with E-state index in [1.807, 2.05) is 6.20 Å². The van der Waals surface area contributed by atoms with E-state index in [0.29, 0.717) is 6.42 Å². The topological polar surface area (TPSA) is 96.3 Å². The van der Waals surface area contributed by atoms with Crippen LogP contribution in [-0.4, -0.2) is 54.2 Å².